The van der Waals surface area contributed by atoms with Gasteiger partial charge < -0.3 is 10.5 Å². The fraction of sp³-hybridized carbons (Fsp3) is 0.625. The molecule has 2 rings (SSSR count). The Morgan fingerprint density at radius 2 is 2.00 bits per heavy atom. The highest BCUT2D eigenvalue weighted by atomic mass is 16.5. The van der Waals surface area contributed by atoms with Crippen molar-refractivity contribution in [2.45, 2.75) is 45.6 Å². The molecule has 0 saturated heterocycles. The van der Waals surface area contributed by atoms with E-state index in [0.29, 0.717) is 11.3 Å². The Kier molecular flexibility index (Phi) is 3.41. The van der Waals surface area contributed by atoms with Crippen LogP contribution in [0.1, 0.15) is 45.6 Å². The zero-order valence-corrected chi connectivity index (χ0v) is 12.0. The second-order valence-electron chi connectivity index (χ2n) is 6.74. The molecule has 1 aromatic rings. The Morgan fingerprint density at radius 3 is 2.61 bits per heavy atom. The van der Waals surface area contributed by atoms with Gasteiger partial charge in [0.1, 0.15) is 5.75 Å². The summed E-state index contributed by atoms with van der Waals surface area (Å²) in [6, 6.07) is 8.24. The standard InChI is InChI=1S/C16H25NO/c1-12-9-15(2,3)11-16(17,10-12)13-6-5-7-14(8-13)18-4/h5-8,12H,9-11,17H2,1-4H3. The van der Waals surface area contributed by atoms with Gasteiger partial charge in [0.05, 0.1) is 7.11 Å². The van der Waals surface area contributed by atoms with Gasteiger partial charge in [0.2, 0.25) is 0 Å². The summed E-state index contributed by atoms with van der Waals surface area (Å²) >= 11 is 0. The first-order chi connectivity index (χ1) is 8.35. The zero-order valence-electron chi connectivity index (χ0n) is 12.0. The summed E-state index contributed by atoms with van der Waals surface area (Å²) in [7, 11) is 1.70. The molecule has 1 fully saturated rings. The van der Waals surface area contributed by atoms with Crippen molar-refractivity contribution in [3.05, 3.63) is 29.8 Å². The molecule has 1 aliphatic rings. The predicted molar refractivity (Wildman–Crippen MR) is 75.7 cm³/mol. The molecule has 2 heteroatoms. The maximum Gasteiger partial charge on any atom is 0.119 e. The topological polar surface area (TPSA) is 35.2 Å². The van der Waals surface area contributed by atoms with E-state index < -0.39 is 0 Å². The number of hydrogen-bond acceptors (Lipinski definition) is 2. The lowest BCUT2D eigenvalue weighted by Gasteiger charge is -2.46. The lowest BCUT2D eigenvalue weighted by molar-refractivity contribution is 0.107. The Labute approximate surface area is 111 Å². The van der Waals surface area contributed by atoms with Crippen LogP contribution in [0.25, 0.3) is 0 Å². The second-order valence-corrected chi connectivity index (χ2v) is 6.74. The number of hydrogen-bond donors (Lipinski definition) is 1. The molecular weight excluding hydrogens is 222 g/mol. The van der Waals surface area contributed by atoms with Gasteiger partial charge in [0, 0.05) is 5.54 Å². The summed E-state index contributed by atoms with van der Waals surface area (Å²) in [6.45, 7) is 6.96. The van der Waals surface area contributed by atoms with Crippen LogP contribution in [0.3, 0.4) is 0 Å². The number of ether oxygens (including phenoxy) is 1. The van der Waals surface area contributed by atoms with Crippen molar-refractivity contribution in [2.24, 2.45) is 17.1 Å². The fourth-order valence-corrected chi connectivity index (χ4v) is 3.79. The number of nitrogens with two attached hydrogens (primary N) is 1. The van der Waals surface area contributed by atoms with E-state index in [1.807, 2.05) is 12.1 Å². The van der Waals surface area contributed by atoms with Crippen molar-refractivity contribution in [1.29, 1.82) is 0 Å². The molecule has 0 radical (unpaired) electrons. The van der Waals surface area contributed by atoms with Crippen LogP contribution in [0.15, 0.2) is 24.3 Å². The Bertz CT molecular complexity index is 427. The van der Waals surface area contributed by atoms with Gasteiger partial charge in [-0.2, -0.15) is 0 Å². The van der Waals surface area contributed by atoms with Crippen LogP contribution in [-0.4, -0.2) is 7.11 Å². The van der Waals surface area contributed by atoms with Gasteiger partial charge >= 0.3 is 0 Å². The van der Waals surface area contributed by atoms with Crippen molar-refractivity contribution in [3.63, 3.8) is 0 Å². The maximum atomic E-state index is 6.71. The van der Waals surface area contributed by atoms with E-state index in [1.165, 1.54) is 12.0 Å². The van der Waals surface area contributed by atoms with Gasteiger partial charge in [-0.3, -0.25) is 0 Å². The lowest BCUT2D eigenvalue weighted by atomic mass is 9.62. The summed E-state index contributed by atoms with van der Waals surface area (Å²) in [4.78, 5) is 0. The van der Waals surface area contributed by atoms with E-state index in [2.05, 4.69) is 32.9 Å². The van der Waals surface area contributed by atoms with E-state index in [1.54, 1.807) is 7.11 Å². The third-order valence-electron chi connectivity index (χ3n) is 4.05. The monoisotopic (exact) mass is 247 g/mol. The Morgan fingerprint density at radius 1 is 1.28 bits per heavy atom. The van der Waals surface area contributed by atoms with Crippen molar-refractivity contribution < 1.29 is 4.74 Å². The van der Waals surface area contributed by atoms with Gasteiger partial charge in [-0.05, 0) is 48.3 Å². The van der Waals surface area contributed by atoms with Crippen LogP contribution in [0, 0.1) is 11.3 Å². The van der Waals surface area contributed by atoms with E-state index in [0.717, 1.165) is 18.6 Å². The highest BCUT2D eigenvalue weighted by Gasteiger charge is 2.41. The van der Waals surface area contributed by atoms with Crippen LogP contribution < -0.4 is 10.5 Å². The van der Waals surface area contributed by atoms with E-state index >= 15 is 0 Å². The normalized spacial score (nSPS) is 31.1. The minimum absolute atomic E-state index is 0.213. The first-order valence-corrected chi connectivity index (χ1v) is 6.78. The molecule has 0 amide bonds. The van der Waals surface area contributed by atoms with Gasteiger partial charge in [-0.25, -0.2) is 0 Å². The second kappa shape index (κ2) is 4.58. The SMILES string of the molecule is COc1cccc(C2(N)CC(C)CC(C)(C)C2)c1. The van der Waals surface area contributed by atoms with Gasteiger partial charge in [-0.15, -0.1) is 0 Å². The molecule has 2 N–H and O–H groups in total. The molecule has 1 aromatic carbocycles. The molecule has 2 nitrogen and oxygen atoms in total. The molecule has 2 unspecified atom stereocenters. The maximum absolute atomic E-state index is 6.71. The smallest absolute Gasteiger partial charge is 0.119 e. The summed E-state index contributed by atoms with van der Waals surface area (Å²) in [5.74, 6) is 1.57. The number of methoxy groups -OCH3 is 1. The third-order valence-corrected chi connectivity index (χ3v) is 4.05. The third kappa shape index (κ3) is 2.69. The van der Waals surface area contributed by atoms with Gasteiger partial charge in [-0.1, -0.05) is 32.9 Å². The van der Waals surface area contributed by atoms with Crippen molar-refractivity contribution in [3.8, 4) is 5.75 Å². The predicted octanol–water partition coefficient (Wildman–Crippen LogP) is 3.70. The summed E-state index contributed by atoms with van der Waals surface area (Å²) in [5, 5.41) is 0. The quantitative estimate of drug-likeness (QED) is 0.865. The average Bonchev–Trinajstić information content (AvgIpc) is 2.26. The van der Waals surface area contributed by atoms with Crippen LogP contribution in [0.2, 0.25) is 0 Å². The molecule has 0 aliphatic heterocycles. The van der Waals surface area contributed by atoms with Crippen LogP contribution in [-0.2, 0) is 5.54 Å². The molecule has 2 atom stereocenters. The largest absolute Gasteiger partial charge is 0.497 e. The van der Waals surface area contributed by atoms with E-state index in [4.69, 9.17) is 10.5 Å². The van der Waals surface area contributed by atoms with Crippen LogP contribution >= 0.6 is 0 Å². The Balaban J connectivity index is 2.34. The lowest BCUT2D eigenvalue weighted by Crippen LogP contribution is -2.46. The minimum atomic E-state index is -0.213. The highest BCUT2D eigenvalue weighted by Crippen LogP contribution is 2.47. The number of benzene rings is 1. The van der Waals surface area contributed by atoms with E-state index in [9.17, 15) is 0 Å². The molecule has 0 bridgehead atoms. The summed E-state index contributed by atoms with van der Waals surface area (Å²) in [6.07, 6.45) is 3.36. The number of rotatable bonds is 2. The molecule has 0 heterocycles. The molecule has 100 valence electrons. The van der Waals surface area contributed by atoms with Crippen molar-refractivity contribution in [1.82, 2.24) is 0 Å². The van der Waals surface area contributed by atoms with Crippen LogP contribution in [0.4, 0.5) is 0 Å². The minimum Gasteiger partial charge on any atom is -0.497 e. The molecule has 1 saturated carbocycles. The molecule has 18 heavy (non-hydrogen) atoms. The van der Waals surface area contributed by atoms with Crippen LogP contribution in [0.5, 0.6) is 5.75 Å². The van der Waals surface area contributed by atoms with Crippen molar-refractivity contribution >= 4 is 0 Å². The highest BCUT2D eigenvalue weighted by molar-refractivity contribution is 5.34. The van der Waals surface area contributed by atoms with E-state index in [-0.39, 0.29) is 5.54 Å². The molecule has 0 spiro atoms. The summed E-state index contributed by atoms with van der Waals surface area (Å²) < 4.78 is 5.31. The first-order valence-electron chi connectivity index (χ1n) is 6.78. The molecular formula is C16H25NO. The van der Waals surface area contributed by atoms with Gasteiger partial charge in [0.25, 0.3) is 0 Å². The van der Waals surface area contributed by atoms with Crippen molar-refractivity contribution in [2.75, 3.05) is 7.11 Å². The molecule has 0 aromatic heterocycles. The fourth-order valence-electron chi connectivity index (χ4n) is 3.79. The Hall–Kier alpha value is -1.02. The average molecular weight is 247 g/mol. The zero-order chi connectivity index (χ0) is 13.4. The van der Waals surface area contributed by atoms with Gasteiger partial charge in [0.15, 0.2) is 0 Å². The summed E-state index contributed by atoms with van der Waals surface area (Å²) in [5.41, 5.74) is 8.03. The molecule has 1 aliphatic carbocycles. The first kappa shape index (κ1) is 13.4.